The van der Waals surface area contributed by atoms with Gasteiger partial charge >= 0.3 is 11.9 Å². The average Bonchev–Trinajstić information content (AvgIpc) is 2.49. The Labute approximate surface area is 162 Å². The number of aliphatic carboxylic acids is 2. The first kappa shape index (κ1) is 25.1. The first-order chi connectivity index (χ1) is 12.6. The quantitative estimate of drug-likeness (QED) is 0.188. The van der Waals surface area contributed by atoms with Gasteiger partial charge in [-0.2, -0.15) is 0 Å². The molecular weight excluding hydrogens is 350 g/mol. The number of hydrogen-bond acceptors (Lipinski definition) is 5. The van der Waals surface area contributed by atoms with Crippen LogP contribution in [0.3, 0.4) is 0 Å². The summed E-state index contributed by atoms with van der Waals surface area (Å²) in [6.07, 6.45) is 9.76. The lowest BCUT2D eigenvalue weighted by Crippen LogP contribution is -2.45. The number of nitrogens with zero attached hydrogens (tertiary/aromatic N) is 1. The van der Waals surface area contributed by atoms with E-state index >= 15 is 0 Å². The highest BCUT2D eigenvalue weighted by Crippen LogP contribution is 2.09. The van der Waals surface area contributed by atoms with Crippen molar-refractivity contribution in [2.45, 2.75) is 70.3 Å². The monoisotopic (exact) mass is 385 g/mol. The highest BCUT2D eigenvalue weighted by molar-refractivity contribution is 5.70. The van der Waals surface area contributed by atoms with Crippen LogP contribution in [0, 0.1) is 0 Å². The number of carbonyl (C=O) groups is 3. The molecule has 27 heavy (non-hydrogen) atoms. The van der Waals surface area contributed by atoms with Crippen LogP contribution in [0.5, 0.6) is 0 Å². The SMILES string of the molecule is C[N+](C)(C)CC(CC(=O)[O-])OC(=O)CCCC/C=C/CCCCCC(=O)O. The van der Waals surface area contributed by atoms with Crippen molar-refractivity contribution in [2.24, 2.45) is 0 Å². The number of hydrogen-bond donors (Lipinski definition) is 1. The van der Waals surface area contributed by atoms with Gasteiger partial charge in [0.15, 0.2) is 6.10 Å². The van der Waals surface area contributed by atoms with E-state index < -0.39 is 18.0 Å². The molecule has 0 aliphatic carbocycles. The molecule has 0 saturated carbocycles. The number of allylic oxidation sites excluding steroid dienone is 2. The molecule has 1 unspecified atom stereocenters. The molecule has 0 aromatic heterocycles. The van der Waals surface area contributed by atoms with Crippen molar-refractivity contribution in [3.63, 3.8) is 0 Å². The first-order valence-corrected chi connectivity index (χ1v) is 9.66. The van der Waals surface area contributed by atoms with Gasteiger partial charge in [0, 0.05) is 25.2 Å². The predicted molar refractivity (Wildman–Crippen MR) is 101 cm³/mol. The maximum atomic E-state index is 11.9. The van der Waals surface area contributed by atoms with Gasteiger partial charge in [-0.05, 0) is 38.5 Å². The van der Waals surface area contributed by atoms with Crippen LogP contribution in [-0.4, -0.2) is 61.3 Å². The fourth-order valence-electron chi connectivity index (χ4n) is 2.67. The maximum absolute atomic E-state index is 11.9. The zero-order valence-electron chi connectivity index (χ0n) is 16.9. The van der Waals surface area contributed by atoms with Gasteiger partial charge in [0.2, 0.25) is 0 Å². The van der Waals surface area contributed by atoms with E-state index in [2.05, 4.69) is 12.2 Å². The molecule has 0 bridgehead atoms. The lowest BCUT2D eigenvalue weighted by molar-refractivity contribution is -0.873. The van der Waals surface area contributed by atoms with Gasteiger partial charge in [-0.1, -0.05) is 18.6 Å². The minimum Gasteiger partial charge on any atom is -0.550 e. The first-order valence-electron chi connectivity index (χ1n) is 9.66. The van der Waals surface area contributed by atoms with Crippen LogP contribution in [0.1, 0.15) is 64.2 Å². The molecule has 0 aliphatic heterocycles. The molecule has 0 spiro atoms. The standard InChI is InChI=1S/C20H35NO6/c1-21(2,3)16-17(15-19(24)25)27-20(26)14-12-10-8-6-4-5-7-9-11-13-18(22)23/h4,6,17H,5,7-16H2,1-3H3,(H-,22,23,24,25)/b6-4+. The maximum Gasteiger partial charge on any atom is 0.306 e. The molecule has 0 amide bonds. The molecule has 7 nitrogen and oxygen atoms in total. The minimum absolute atomic E-state index is 0.235. The molecule has 0 aromatic carbocycles. The van der Waals surface area contributed by atoms with E-state index in [1.165, 1.54) is 0 Å². The number of carboxylic acid groups (broad SMARTS) is 2. The molecule has 0 radical (unpaired) electrons. The van der Waals surface area contributed by atoms with E-state index in [0.717, 1.165) is 38.5 Å². The van der Waals surface area contributed by atoms with Gasteiger partial charge < -0.3 is 24.2 Å². The molecule has 0 fully saturated rings. The Morgan fingerprint density at radius 3 is 2.04 bits per heavy atom. The Morgan fingerprint density at radius 2 is 1.52 bits per heavy atom. The van der Waals surface area contributed by atoms with Gasteiger partial charge in [-0.15, -0.1) is 0 Å². The number of rotatable bonds is 16. The van der Waals surface area contributed by atoms with Crippen LogP contribution in [0.25, 0.3) is 0 Å². The predicted octanol–water partition coefficient (Wildman–Crippen LogP) is 1.90. The van der Waals surface area contributed by atoms with Crippen LogP contribution in [0.2, 0.25) is 0 Å². The molecular formula is C20H35NO6. The smallest absolute Gasteiger partial charge is 0.306 e. The summed E-state index contributed by atoms with van der Waals surface area (Å²) < 4.78 is 5.81. The summed E-state index contributed by atoms with van der Waals surface area (Å²) in [5.74, 6) is -2.32. The average molecular weight is 386 g/mol. The lowest BCUT2D eigenvalue weighted by atomic mass is 10.1. The fourth-order valence-corrected chi connectivity index (χ4v) is 2.67. The van der Waals surface area contributed by atoms with Crippen LogP contribution < -0.4 is 5.11 Å². The molecule has 0 aliphatic rings. The van der Waals surface area contributed by atoms with Crippen LogP contribution in [0.15, 0.2) is 12.2 Å². The van der Waals surface area contributed by atoms with Gasteiger partial charge in [0.25, 0.3) is 0 Å². The topological polar surface area (TPSA) is 104 Å². The van der Waals surface area contributed by atoms with Crippen molar-refractivity contribution in [1.82, 2.24) is 0 Å². The van der Waals surface area contributed by atoms with E-state index in [1.54, 1.807) is 0 Å². The van der Waals surface area contributed by atoms with Gasteiger partial charge in [-0.3, -0.25) is 9.59 Å². The number of carboxylic acids is 2. The molecule has 0 rings (SSSR count). The van der Waals surface area contributed by atoms with Gasteiger partial charge in [-0.25, -0.2) is 0 Å². The molecule has 7 heteroatoms. The Hall–Kier alpha value is -1.89. The Kier molecular flexibility index (Phi) is 13.2. The van der Waals surface area contributed by atoms with Crippen LogP contribution in [-0.2, 0) is 19.1 Å². The molecule has 1 N–H and O–H groups in total. The van der Waals surface area contributed by atoms with Gasteiger partial charge in [0.1, 0.15) is 6.54 Å². The second-order valence-electron chi connectivity index (χ2n) is 7.87. The van der Waals surface area contributed by atoms with Crippen molar-refractivity contribution < 1.29 is 33.8 Å². The Balaban J connectivity index is 3.83. The van der Waals surface area contributed by atoms with Crippen molar-refractivity contribution in [3.05, 3.63) is 12.2 Å². The normalized spacial score (nSPS) is 12.9. The molecule has 0 aromatic rings. The van der Waals surface area contributed by atoms with E-state index in [1.807, 2.05) is 21.1 Å². The zero-order chi connectivity index (χ0) is 20.7. The number of quaternary nitrogens is 1. The van der Waals surface area contributed by atoms with E-state index in [-0.39, 0.29) is 25.2 Å². The Morgan fingerprint density at radius 1 is 0.963 bits per heavy atom. The fraction of sp³-hybridized carbons (Fsp3) is 0.750. The second-order valence-corrected chi connectivity index (χ2v) is 7.87. The molecule has 1 atom stereocenters. The number of carbonyl (C=O) groups excluding carboxylic acids is 2. The van der Waals surface area contributed by atoms with E-state index in [0.29, 0.717) is 17.4 Å². The third-order valence-corrected chi connectivity index (χ3v) is 3.87. The molecule has 156 valence electrons. The summed E-state index contributed by atoms with van der Waals surface area (Å²) in [6.45, 7) is 0.426. The van der Waals surface area contributed by atoms with Crippen LogP contribution in [0.4, 0.5) is 0 Å². The number of unbranched alkanes of at least 4 members (excludes halogenated alkanes) is 5. The zero-order valence-corrected chi connectivity index (χ0v) is 16.9. The molecule has 0 saturated heterocycles. The summed E-state index contributed by atoms with van der Waals surface area (Å²) in [7, 11) is 5.73. The third-order valence-electron chi connectivity index (χ3n) is 3.87. The minimum atomic E-state index is -1.21. The summed E-state index contributed by atoms with van der Waals surface area (Å²) in [5.41, 5.74) is 0. The number of ether oxygens (including phenoxy) is 1. The number of esters is 1. The van der Waals surface area contributed by atoms with Gasteiger partial charge in [0.05, 0.1) is 21.1 Å². The van der Waals surface area contributed by atoms with Crippen LogP contribution >= 0.6 is 0 Å². The molecule has 0 heterocycles. The third kappa shape index (κ3) is 18.7. The second kappa shape index (κ2) is 14.2. The largest absolute Gasteiger partial charge is 0.550 e. The van der Waals surface area contributed by atoms with Crippen molar-refractivity contribution in [1.29, 1.82) is 0 Å². The lowest BCUT2D eigenvalue weighted by Gasteiger charge is -2.29. The Bertz CT molecular complexity index is 481. The van der Waals surface area contributed by atoms with E-state index in [9.17, 15) is 19.5 Å². The van der Waals surface area contributed by atoms with E-state index in [4.69, 9.17) is 9.84 Å². The highest BCUT2D eigenvalue weighted by Gasteiger charge is 2.22. The van der Waals surface area contributed by atoms with Crippen molar-refractivity contribution in [2.75, 3.05) is 27.7 Å². The number of likely N-dealkylation sites (N-methyl/N-ethyl adjacent to an activating group) is 1. The van der Waals surface area contributed by atoms with Crippen molar-refractivity contribution >= 4 is 17.9 Å². The van der Waals surface area contributed by atoms with Crippen molar-refractivity contribution in [3.8, 4) is 0 Å². The summed E-state index contributed by atoms with van der Waals surface area (Å²) in [5, 5.41) is 19.3. The summed E-state index contributed by atoms with van der Waals surface area (Å²) >= 11 is 0. The summed E-state index contributed by atoms with van der Waals surface area (Å²) in [4.78, 5) is 33.1. The summed E-state index contributed by atoms with van der Waals surface area (Å²) in [6, 6.07) is 0. The highest BCUT2D eigenvalue weighted by atomic mass is 16.5.